The van der Waals surface area contributed by atoms with Crippen LogP contribution in [0.25, 0.3) is 0 Å². The maximum atomic E-state index is 12.9. The van der Waals surface area contributed by atoms with E-state index in [4.69, 9.17) is 0 Å². The van der Waals surface area contributed by atoms with E-state index >= 15 is 0 Å². The number of hydrogen-bond donors (Lipinski definition) is 1. The molecule has 118 valence electrons. The minimum atomic E-state index is -0.887. The number of nitrogens with zero attached hydrogens (tertiary/aromatic N) is 1. The number of benzene rings is 1. The average molecular weight is 291 g/mol. The Morgan fingerprint density at radius 2 is 1.33 bits per heavy atom. The van der Waals surface area contributed by atoms with Crippen molar-refractivity contribution >= 4 is 5.91 Å². The minimum absolute atomic E-state index is 0.0147. The van der Waals surface area contributed by atoms with Crippen molar-refractivity contribution in [2.24, 2.45) is 0 Å². The summed E-state index contributed by atoms with van der Waals surface area (Å²) in [5, 5.41) is 10.0. The molecular weight excluding hydrogens is 262 g/mol. The van der Waals surface area contributed by atoms with Gasteiger partial charge in [0.05, 0.1) is 5.60 Å². The lowest BCUT2D eigenvalue weighted by Gasteiger charge is -2.30. The number of likely N-dealkylation sites (N-methyl/N-ethyl adjacent to an activating group) is 1. The van der Waals surface area contributed by atoms with Gasteiger partial charge in [0.2, 0.25) is 0 Å². The van der Waals surface area contributed by atoms with Gasteiger partial charge in [-0.05, 0) is 83.2 Å². The van der Waals surface area contributed by atoms with E-state index in [2.05, 4.69) is 20.8 Å². The molecule has 3 heteroatoms. The van der Waals surface area contributed by atoms with Crippen molar-refractivity contribution in [2.75, 3.05) is 13.1 Å². The van der Waals surface area contributed by atoms with Gasteiger partial charge in [-0.15, -0.1) is 0 Å². The lowest BCUT2D eigenvalue weighted by Crippen LogP contribution is -2.42. The van der Waals surface area contributed by atoms with Gasteiger partial charge >= 0.3 is 0 Å². The Morgan fingerprint density at radius 1 is 0.952 bits per heavy atom. The molecule has 21 heavy (non-hydrogen) atoms. The summed E-state index contributed by atoms with van der Waals surface area (Å²) in [6, 6.07) is 0. The summed E-state index contributed by atoms with van der Waals surface area (Å²) in [7, 11) is 0. The van der Waals surface area contributed by atoms with Crippen LogP contribution in [0.2, 0.25) is 0 Å². The van der Waals surface area contributed by atoms with Crippen LogP contribution < -0.4 is 0 Å². The third-order valence-electron chi connectivity index (χ3n) is 4.46. The summed E-state index contributed by atoms with van der Waals surface area (Å²) in [6.45, 7) is 16.6. The normalized spacial score (nSPS) is 11.7. The number of rotatable bonds is 4. The zero-order valence-corrected chi connectivity index (χ0v) is 14.7. The highest BCUT2D eigenvalue weighted by molar-refractivity contribution is 5.98. The summed E-state index contributed by atoms with van der Waals surface area (Å²) in [4.78, 5) is 14.7. The number of hydrogen-bond acceptors (Lipinski definition) is 2. The molecule has 1 aromatic carbocycles. The van der Waals surface area contributed by atoms with Crippen LogP contribution in [0.1, 0.15) is 58.9 Å². The molecule has 0 aliphatic heterocycles. The summed E-state index contributed by atoms with van der Waals surface area (Å²) in [5.74, 6) is 0.0147. The van der Waals surface area contributed by atoms with Crippen LogP contribution in [0.5, 0.6) is 0 Å². The Labute approximate surface area is 129 Å². The SMILES string of the molecule is CCN(CC(C)(C)O)C(=O)c1c(C)c(C)c(C)c(C)c1C. The maximum Gasteiger partial charge on any atom is 0.254 e. The highest BCUT2D eigenvalue weighted by Crippen LogP contribution is 2.27. The topological polar surface area (TPSA) is 40.5 Å². The standard InChI is InChI=1S/C18H29NO2/c1-9-19(10-18(7,8)21)17(20)16-14(5)12(3)11(2)13(4)15(16)6/h21H,9-10H2,1-8H3. The number of carbonyl (C=O) groups excluding carboxylic acids is 1. The molecular formula is C18H29NO2. The predicted molar refractivity (Wildman–Crippen MR) is 88.0 cm³/mol. The fourth-order valence-electron chi connectivity index (χ4n) is 2.77. The summed E-state index contributed by atoms with van der Waals surface area (Å²) in [6.07, 6.45) is 0. The predicted octanol–water partition coefficient (Wildman–Crippen LogP) is 3.46. The van der Waals surface area contributed by atoms with E-state index in [0.717, 1.165) is 16.7 Å². The third kappa shape index (κ3) is 3.65. The first-order chi connectivity index (χ1) is 9.51. The van der Waals surface area contributed by atoms with Gasteiger partial charge in [-0.1, -0.05) is 0 Å². The second kappa shape index (κ2) is 6.18. The van der Waals surface area contributed by atoms with Gasteiger partial charge in [0.15, 0.2) is 0 Å². The van der Waals surface area contributed by atoms with Gasteiger partial charge in [0, 0.05) is 18.7 Å². The largest absolute Gasteiger partial charge is 0.389 e. The fourth-order valence-corrected chi connectivity index (χ4v) is 2.77. The van der Waals surface area contributed by atoms with Crippen LogP contribution in [0, 0.1) is 34.6 Å². The van der Waals surface area contributed by atoms with Gasteiger partial charge < -0.3 is 10.0 Å². The van der Waals surface area contributed by atoms with Gasteiger partial charge in [0.25, 0.3) is 5.91 Å². The van der Waals surface area contributed by atoms with E-state index in [1.165, 1.54) is 16.7 Å². The molecule has 0 atom stereocenters. The molecule has 0 saturated heterocycles. The van der Waals surface area contributed by atoms with Crippen molar-refractivity contribution in [3.8, 4) is 0 Å². The first-order valence-electron chi connectivity index (χ1n) is 7.59. The molecule has 0 spiro atoms. The number of aliphatic hydroxyl groups is 1. The fraction of sp³-hybridized carbons (Fsp3) is 0.611. The molecule has 0 heterocycles. The molecule has 0 aromatic heterocycles. The number of carbonyl (C=O) groups is 1. The molecule has 0 unspecified atom stereocenters. The Kier molecular flexibility index (Phi) is 5.21. The molecule has 1 N–H and O–H groups in total. The van der Waals surface area contributed by atoms with Crippen molar-refractivity contribution < 1.29 is 9.90 Å². The molecule has 0 radical (unpaired) electrons. The van der Waals surface area contributed by atoms with Crippen molar-refractivity contribution in [1.82, 2.24) is 4.90 Å². The molecule has 0 aliphatic rings. The van der Waals surface area contributed by atoms with Gasteiger partial charge in [0.1, 0.15) is 0 Å². The minimum Gasteiger partial charge on any atom is -0.389 e. The highest BCUT2D eigenvalue weighted by Gasteiger charge is 2.26. The Balaban J connectivity index is 3.36. The van der Waals surface area contributed by atoms with E-state index in [-0.39, 0.29) is 5.91 Å². The summed E-state index contributed by atoms with van der Waals surface area (Å²) < 4.78 is 0. The van der Waals surface area contributed by atoms with Gasteiger partial charge in [-0.3, -0.25) is 4.79 Å². The van der Waals surface area contributed by atoms with Crippen LogP contribution in [-0.4, -0.2) is 34.6 Å². The van der Waals surface area contributed by atoms with Crippen molar-refractivity contribution in [3.05, 3.63) is 33.4 Å². The van der Waals surface area contributed by atoms with Gasteiger partial charge in [-0.2, -0.15) is 0 Å². The first-order valence-corrected chi connectivity index (χ1v) is 7.59. The van der Waals surface area contributed by atoms with Gasteiger partial charge in [-0.25, -0.2) is 0 Å². The van der Waals surface area contributed by atoms with Crippen LogP contribution in [0.4, 0.5) is 0 Å². The zero-order valence-electron chi connectivity index (χ0n) is 14.7. The lowest BCUT2D eigenvalue weighted by atomic mass is 9.89. The average Bonchev–Trinajstić information content (AvgIpc) is 2.39. The molecule has 1 aromatic rings. The lowest BCUT2D eigenvalue weighted by molar-refractivity contribution is 0.0313. The monoisotopic (exact) mass is 291 g/mol. The van der Waals surface area contributed by atoms with E-state index in [9.17, 15) is 9.90 Å². The summed E-state index contributed by atoms with van der Waals surface area (Å²) >= 11 is 0. The smallest absolute Gasteiger partial charge is 0.254 e. The summed E-state index contributed by atoms with van der Waals surface area (Å²) in [5.41, 5.74) is 5.63. The molecule has 1 rings (SSSR count). The second-order valence-corrected chi connectivity index (χ2v) is 6.63. The second-order valence-electron chi connectivity index (χ2n) is 6.63. The first kappa shape index (κ1) is 17.7. The quantitative estimate of drug-likeness (QED) is 0.923. The molecule has 0 saturated carbocycles. The Hall–Kier alpha value is -1.35. The van der Waals surface area contributed by atoms with E-state index in [1.807, 2.05) is 20.8 Å². The van der Waals surface area contributed by atoms with E-state index in [0.29, 0.717) is 13.1 Å². The van der Waals surface area contributed by atoms with Crippen LogP contribution >= 0.6 is 0 Å². The zero-order chi connectivity index (χ0) is 16.5. The molecule has 0 aliphatic carbocycles. The molecule has 3 nitrogen and oxygen atoms in total. The van der Waals surface area contributed by atoms with Crippen LogP contribution in [0.3, 0.4) is 0 Å². The third-order valence-corrected chi connectivity index (χ3v) is 4.46. The molecule has 1 amide bonds. The van der Waals surface area contributed by atoms with Crippen molar-refractivity contribution in [3.63, 3.8) is 0 Å². The maximum absolute atomic E-state index is 12.9. The Morgan fingerprint density at radius 3 is 1.67 bits per heavy atom. The molecule has 0 bridgehead atoms. The molecule has 0 fully saturated rings. The van der Waals surface area contributed by atoms with E-state index in [1.54, 1.807) is 18.7 Å². The van der Waals surface area contributed by atoms with Crippen LogP contribution in [-0.2, 0) is 0 Å². The number of amides is 1. The van der Waals surface area contributed by atoms with E-state index < -0.39 is 5.60 Å². The van der Waals surface area contributed by atoms with Crippen LogP contribution in [0.15, 0.2) is 0 Å². The Bertz CT molecular complexity index is 524. The highest BCUT2D eigenvalue weighted by atomic mass is 16.3. The van der Waals surface area contributed by atoms with Crippen molar-refractivity contribution in [2.45, 2.75) is 61.0 Å². The van der Waals surface area contributed by atoms with Crippen molar-refractivity contribution in [1.29, 1.82) is 0 Å².